The van der Waals surface area contributed by atoms with E-state index >= 15 is 0 Å². The van der Waals surface area contributed by atoms with Gasteiger partial charge in [0.2, 0.25) is 0 Å². The smallest absolute Gasteiger partial charge is 0.135 e. The minimum Gasteiger partial charge on any atom is -0.456 e. The first-order chi connectivity index (χ1) is 31.5. The highest BCUT2D eigenvalue weighted by Crippen LogP contribution is 2.51. The van der Waals surface area contributed by atoms with Crippen molar-refractivity contribution in [3.8, 4) is 39.1 Å². The average molecular weight is 819 g/mol. The highest BCUT2D eigenvalue weighted by Gasteiger charge is 2.35. The topological polar surface area (TPSA) is 21.3 Å². The summed E-state index contributed by atoms with van der Waals surface area (Å²) in [4.78, 5) is 2.41. The van der Waals surface area contributed by atoms with Gasteiger partial charge in [-0.15, -0.1) is 0 Å². The summed E-state index contributed by atoms with van der Waals surface area (Å²) >= 11 is 0. The summed E-state index contributed by atoms with van der Waals surface area (Å²) in [5.74, 6) is 0. The maximum absolute atomic E-state index is 6.16. The van der Waals surface area contributed by atoms with Gasteiger partial charge in [-0.3, -0.25) is 0 Å². The molecule has 64 heavy (non-hydrogen) atoms. The molecular weight excluding hydrogens is 777 g/mol. The zero-order valence-corrected chi connectivity index (χ0v) is 35.6. The lowest BCUT2D eigenvalue weighted by Gasteiger charge is -2.28. The van der Waals surface area contributed by atoms with Crippen molar-refractivity contribution in [2.45, 2.75) is 19.3 Å². The zero-order valence-electron chi connectivity index (χ0n) is 35.6. The Labute approximate surface area is 371 Å². The lowest BCUT2D eigenvalue weighted by atomic mass is 9.82. The summed E-state index contributed by atoms with van der Waals surface area (Å²) in [5.41, 5.74) is 18.7. The number of fused-ring (bicyclic) bond motifs is 11. The predicted octanol–water partition coefficient (Wildman–Crippen LogP) is 16.9. The van der Waals surface area contributed by atoms with Crippen LogP contribution in [-0.2, 0) is 5.41 Å². The second-order valence-electron chi connectivity index (χ2n) is 17.7. The molecule has 2 aromatic heterocycles. The van der Waals surface area contributed by atoms with E-state index in [2.05, 4.69) is 230 Å². The number of hydrogen-bond donors (Lipinski definition) is 0. The van der Waals surface area contributed by atoms with Crippen LogP contribution in [-0.4, -0.2) is 4.57 Å². The molecule has 1 aliphatic rings. The van der Waals surface area contributed by atoms with Crippen molar-refractivity contribution in [2.24, 2.45) is 0 Å². The van der Waals surface area contributed by atoms with Crippen molar-refractivity contribution in [1.29, 1.82) is 0 Å². The predicted molar refractivity (Wildman–Crippen MR) is 269 cm³/mol. The second-order valence-corrected chi connectivity index (χ2v) is 17.7. The molecule has 302 valence electrons. The molecule has 0 fully saturated rings. The van der Waals surface area contributed by atoms with E-state index in [1.165, 1.54) is 66.0 Å². The first-order valence-corrected chi connectivity index (χ1v) is 22.2. The molecular formula is C61H42N2O. The largest absolute Gasteiger partial charge is 0.456 e. The van der Waals surface area contributed by atoms with Crippen LogP contribution in [0.15, 0.2) is 223 Å². The number of anilines is 3. The van der Waals surface area contributed by atoms with Crippen LogP contribution in [0.2, 0.25) is 0 Å². The van der Waals surface area contributed by atoms with Gasteiger partial charge in [-0.05, 0) is 140 Å². The van der Waals surface area contributed by atoms with Gasteiger partial charge in [0.05, 0.1) is 11.0 Å². The number of aromatic nitrogens is 1. The number of para-hydroxylation sites is 2. The lowest BCUT2D eigenvalue weighted by molar-refractivity contribution is 0.660. The average Bonchev–Trinajstić information content (AvgIpc) is 3.97. The molecule has 1 aliphatic carbocycles. The van der Waals surface area contributed by atoms with Gasteiger partial charge in [0, 0.05) is 49.7 Å². The fourth-order valence-corrected chi connectivity index (χ4v) is 10.6. The fourth-order valence-electron chi connectivity index (χ4n) is 10.6. The Hall–Kier alpha value is -8.14. The van der Waals surface area contributed by atoms with Gasteiger partial charge in [0.15, 0.2) is 0 Å². The Bertz CT molecular complexity index is 3800. The van der Waals surface area contributed by atoms with E-state index in [-0.39, 0.29) is 5.41 Å². The lowest BCUT2D eigenvalue weighted by Crippen LogP contribution is -2.16. The Morgan fingerprint density at radius 3 is 1.75 bits per heavy atom. The summed E-state index contributed by atoms with van der Waals surface area (Å²) < 4.78 is 8.56. The van der Waals surface area contributed by atoms with Crippen molar-refractivity contribution < 1.29 is 4.42 Å². The third-order valence-corrected chi connectivity index (χ3v) is 13.8. The van der Waals surface area contributed by atoms with Crippen LogP contribution >= 0.6 is 0 Å². The van der Waals surface area contributed by atoms with E-state index in [1.54, 1.807) is 0 Å². The quantitative estimate of drug-likeness (QED) is 0.167. The first kappa shape index (κ1) is 36.5. The van der Waals surface area contributed by atoms with E-state index in [0.29, 0.717) is 0 Å². The van der Waals surface area contributed by atoms with Gasteiger partial charge in [0.1, 0.15) is 11.2 Å². The van der Waals surface area contributed by atoms with Crippen molar-refractivity contribution in [3.05, 3.63) is 230 Å². The summed E-state index contributed by atoms with van der Waals surface area (Å²) in [7, 11) is 0. The Morgan fingerprint density at radius 2 is 0.969 bits per heavy atom. The van der Waals surface area contributed by atoms with E-state index < -0.39 is 0 Å². The third-order valence-electron chi connectivity index (χ3n) is 13.8. The molecule has 12 aromatic rings. The third kappa shape index (κ3) is 5.54. The Balaban J connectivity index is 0.926. The number of hydrogen-bond acceptors (Lipinski definition) is 2. The summed E-state index contributed by atoms with van der Waals surface area (Å²) in [5, 5.41) is 7.32. The number of rotatable bonds is 6. The van der Waals surface area contributed by atoms with E-state index in [9.17, 15) is 0 Å². The minimum absolute atomic E-state index is 0.120. The molecule has 0 spiro atoms. The van der Waals surface area contributed by atoms with Gasteiger partial charge >= 0.3 is 0 Å². The van der Waals surface area contributed by atoms with Crippen LogP contribution in [0.3, 0.4) is 0 Å². The highest BCUT2D eigenvalue weighted by molar-refractivity contribution is 6.22. The maximum Gasteiger partial charge on any atom is 0.135 e. The Kier molecular flexibility index (Phi) is 7.95. The van der Waals surface area contributed by atoms with E-state index in [1.807, 2.05) is 12.1 Å². The van der Waals surface area contributed by atoms with Crippen LogP contribution in [0.25, 0.3) is 93.6 Å². The number of nitrogens with zero attached hydrogens (tertiary/aromatic N) is 2. The molecule has 0 saturated carbocycles. The Morgan fingerprint density at radius 1 is 0.391 bits per heavy atom. The molecule has 0 aliphatic heterocycles. The van der Waals surface area contributed by atoms with Crippen molar-refractivity contribution in [3.63, 3.8) is 0 Å². The molecule has 3 heteroatoms. The van der Waals surface area contributed by atoms with Crippen LogP contribution in [0.4, 0.5) is 17.1 Å². The number of furan rings is 1. The molecule has 0 radical (unpaired) electrons. The van der Waals surface area contributed by atoms with E-state index in [4.69, 9.17) is 4.42 Å². The number of benzene rings is 10. The van der Waals surface area contributed by atoms with Gasteiger partial charge in [-0.25, -0.2) is 0 Å². The molecule has 0 unspecified atom stereocenters. The molecule has 0 amide bonds. The first-order valence-electron chi connectivity index (χ1n) is 22.2. The molecule has 13 rings (SSSR count). The van der Waals surface area contributed by atoms with E-state index in [0.717, 1.165) is 55.8 Å². The summed E-state index contributed by atoms with van der Waals surface area (Å²) in [6.45, 7) is 4.71. The highest BCUT2D eigenvalue weighted by atomic mass is 16.3. The summed E-state index contributed by atoms with van der Waals surface area (Å²) in [6, 6.07) is 79.8. The molecule has 2 heterocycles. The van der Waals surface area contributed by atoms with Crippen LogP contribution in [0.1, 0.15) is 25.0 Å². The zero-order chi connectivity index (χ0) is 42.5. The molecule has 0 atom stereocenters. The molecule has 3 nitrogen and oxygen atoms in total. The van der Waals surface area contributed by atoms with Crippen LogP contribution in [0.5, 0.6) is 0 Å². The standard InChI is InChI=1S/C61H42N2O/c1-61(2)54-18-10-8-16-49(54)50-32-31-47(38-55(50)61)62(46-29-22-40(23-30-46)43-26-35-59-52(36-43)51-17-9-11-19-58(51)64-59)45-27-20-39(21-28-45)42-25-33-56-53(37-42)60-48-15-7-6-12-41(48)24-34-57(60)63(56)44-13-4-3-5-14-44/h3-38H,1-2H3. The van der Waals surface area contributed by atoms with Gasteiger partial charge < -0.3 is 13.9 Å². The van der Waals surface area contributed by atoms with Gasteiger partial charge in [-0.1, -0.05) is 147 Å². The second kappa shape index (κ2) is 13.9. The molecule has 0 saturated heterocycles. The van der Waals surface area contributed by atoms with Crippen molar-refractivity contribution in [2.75, 3.05) is 4.90 Å². The monoisotopic (exact) mass is 818 g/mol. The fraction of sp³-hybridized carbons (Fsp3) is 0.0492. The summed E-state index contributed by atoms with van der Waals surface area (Å²) in [6.07, 6.45) is 0. The normalized spacial score (nSPS) is 13.0. The van der Waals surface area contributed by atoms with Crippen molar-refractivity contribution >= 4 is 71.6 Å². The van der Waals surface area contributed by atoms with Crippen LogP contribution < -0.4 is 4.90 Å². The SMILES string of the molecule is CC1(C)c2ccccc2-c2ccc(N(c3ccc(-c4ccc5oc6ccccc6c5c4)cc3)c3ccc(-c4ccc5c(c4)c4c6ccccc6ccc4n5-c4ccccc4)cc3)cc21. The van der Waals surface area contributed by atoms with Gasteiger partial charge in [0.25, 0.3) is 0 Å². The van der Waals surface area contributed by atoms with Crippen molar-refractivity contribution in [1.82, 2.24) is 4.57 Å². The molecule has 10 aromatic carbocycles. The molecule has 0 N–H and O–H groups in total. The molecule has 0 bridgehead atoms. The maximum atomic E-state index is 6.16. The van der Waals surface area contributed by atoms with Gasteiger partial charge in [-0.2, -0.15) is 0 Å². The minimum atomic E-state index is -0.120. The van der Waals surface area contributed by atoms with Crippen LogP contribution in [0, 0.1) is 0 Å².